The fraction of sp³-hybridized carbons (Fsp3) is 0.571. The number of nitrogens with one attached hydrogen (secondary N) is 2. The van der Waals surface area contributed by atoms with E-state index in [1.165, 1.54) is 18.8 Å². The van der Waals surface area contributed by atoms with Gasteiger partial charge in [0.1, 0.15) is 11.4 Å². The molecule has 1 saturated carbocycles. The van der Waals surface area contributed by atoms with Gasteiger partial charge >= 0.3 is 0 Å². The summed E-state index contributed by atoms with van der Waals surface area (Å²) in [6, 6.07) is 9.35. The molecule has 1 aromatic heterocycles. The maximum atomic E-state index is 13.0. The van der Waals surface area contributed by atoms with Crippen LogP contribution in [0.3, 0.4) is 0 Å². The van der Waals surface area contributed by atoms with Crippen molar-refractivity contribution in [3.05, 3.63) is 36.0 Å². The summed E-state index contributed by atoms with van der Waals surface area (Å²) in [6.45, 7) is 9.24. The van der Waals surface area contributed by atoms with Gasteiger partial charge in [0.25, 0.3) is 5.91 Å². The van der Waals surface area contributed by atoms with Gasteiger partial charge in [-0.1, -0.05) is 12.8 Å². The monoisotopic (exact) mass is 501 g/mol. The molecule has 2 aromatic rings. The molecule has 5 aliphatic rings. The number of carbonyl (C=O) groups excluding carboxylic acids is 2. The fourth-order valence-corrected chi connectivity index (χ4v) is 7.26. The fourth-order valence-electron chi connectivity index (χ4n) is 7.26. The molecule has 4 aliphatic heterocycles. The maximum Gasteiger partial charge on any atom is 0.253 e. The molecule has 1 unspecified atom stereocenters. The summed E-state index contributed by atoms with van der Waals surface area (Å²) in [7, 11) is 0. The van der Waals surface area contributed by atoms with Gasteiger partial charge in [-0.15, -0.1) is 0 Å². The molecule has 5 heterocycles. The zero-order valence-electron chi connectivity index (χ0n) is 21.7. The van der Waals surface area contributed by atoms with E-state index in [4.69, 9.17) is 4.98 Å². The molecule has 37 heavy (non-hydrogen) atoms. The van der Waals surface area contributed by atoms with Crippen LogP contribution in [0.4, 0.5) is 23.1 Å². The highest BCUT2D eigenvalue weighted by atomic mass is 16.2. The number of carbonyl (C=O) groups is 2. The first kappa shape index (κ1) is 23.0. The molecular formula is C28H35N7O2. The van der Waals surface area contributed by atoms with E-state index >= 15 is 0 Å². The Morgan fingerprint density at radius 1 is 1.03 bits per heavy atom. The third-order valence-corrected chi connectivity index (χ3v) is 9.18. The van der Waals surface area contributed by atoms with E-state index in [-0.39, 0.29) is 24.3 Å². The van der Waals surface area contributed by atoms with Gasteiger partial charge in [-0.05, 0) is 51.0 Å². The van der Waals surface area contributed by atoms with Gasteiger partial charge in [-0.25, -0.2) is 4.98 Å². The zero-order chi connectivity index (χ0) is 25.4. The zero-order valence-corrected chi connectivity index (χ0v) is 21.7. The number of aromatic nitrogens is 2. The molecule has 2 spiro atoms. The van der Waals surface area contributed by atoms with E-state index in [1.807, 2.05) is 6.20 Å². The number of benzene rings is 1. The Bertz CT molecular complexity index is 1240. The van der Waals surface area contributed by atoms with E-state index in [0.717, 1.165) is 55.8 Å². The van der Waals surface area contributed by atoms with Crippen LogP contribution in [0, 0.1) is 5.41 Å². The van der Waals surface area contributed by atoms with Crippen LogP contribution in [0.25, 0.3) is 0 Å². The first-order valence-electron chi connectivity index (χ1n) is 13.7. The second kappa shape index (κ2) is 8.15. The van der Waals surface area contributed by atoms with Gasteiger partial charge in [0.15, 0.2) is 0 Å². The highest BCUT2D eigenvalue weighted by Crippen LogP contribution is 2.46. The van der Waals surface area contributed by atoms with E-state index in [2.05, 4.69) is 68.4 Å². The third-order valence-electron chi connectivity index (χ3n) is 9.18. The number of likely N-dealkylation sites (tertiary alicyclic amines) is 1. The van der Waals surface area contributed by atoms with E-state index in [1.54, 1.807) is 0 Å². The van der Waals surface area contributed by atoms with Crippen molar-refractivity contribution in [1.82, 2.24) is 20.2 Å². The largest absolute Gasteiger partial charge is 0.370 e. The van der Waals surface area contributed by atoms with Crippen molar-refractivity contribution in [2.45, 2.75) is 70.0 Å². The average molecular weight is 502 g/mol. The van der Waals surface area contributed by atoms with Gasteiger partial charge in [0.05, 0.1) is 6.42 Å². The molecule has 2 amide bonds. The summed E-state index contributed by atoms with van der Waals surface area (Å²) in [4.78, 5) is 41.9. The molecule has 9 heteroatoms. The van der Waals surface area contributed by atoms with Gasteiger partial charge in [-0.3, -0.25) is 19.8 Å². The Labute approximate surface area is 217 Å². The number of rotatable bonds is 5. The third kappa shape index (κ3) is 3.61. The van der Waals surface area contributed by atoms with Crippen LogP contribution in [0.5, 0.6) is 0 Å². The van der Waals surface area contributed by atoms with E-state index in [0.29, 0.717) is 23.8 Å². The van der Waals surface area contributed by atoms with Crippen molar-refractivity contribution in [3.63, 3.8) is 0 Å². The van der Waals surface area contributed by atoms with Gasteiger partial charge in [0.2, 0.25) is 11.9 Å². The van der Waals surface area contributed by atoms with Crippen LogP contribution in [-0.4, -0.2) is 70.5 Å². The summed E-state index contributed by atoms with van der Waals surface area (Å²) in [5.41, 5.74) is 2.76. The van der Waals surface area contributed by atoms with Crippen LogP contribution in [0.15, 0.2) is 30.5 Å². The molecule has 1 aromatic carbocycles. The Hall–Kier alpha value is -3.20. The lowest BCUT2D eigenvalue weighted by Crippen LogP contribution is -2.73. The van der Waals surface area contributed by atoms with Crippen molar-refractivity contribution < 1.29 is 9.59 Å². The average Bonchev–Trinajstić information content (AvgIpc) is 3.50. The Morgan fingerprint density at radius 3 is 2.41 bits per heavy atom. The minimum absolute atomic E-state index is 0.191. The predicted octanol–water partition coefficient (Wildman–Crippen LogP) is 2.84. The summed E-state index contributed by atoms with van der Waals surface area (Å²) in [6.07, 6.45) is 6.81. The normalized spacial score (nSPS) is 26.7. The number of amides is 2. The van der Waals surface area contributed by atoms with E-state index in [9.17, 15) is 9.59 Å². The molecule has 4 fully saturated rings. The first-order valence-corrected chi connectivity index (χ1v) is 13.7. The smallest absolute Gasteiger partial charge is 0.253 e. The number of imide groups is 1. The second-order valence-corrected chi connectivity index (χ2v) is 12.1. The number of nitrogens with zero attached hydrogens (tertiary/aromatic N) is 5. The Balaban J connectivity index is 1.07. The molecule has 0 radical (unpaired) electrons. The van der Waals surface area contributed by atoms with Crippen LogP contribution in [0.1, 0.15) is 51.5 Å². The quantitative estimate of drug-likeness (QED) is 0.605. The highest BCUT2D eigenvalue weighted by molar-refractivity contribution is 6.11. The lowest BCUT2D eigenvalue weighted by molar-refractivity contribution is -0.126. The van der Waals surface area contributed by atoms with E-state index < -0.39 is 5.54 Å². The molecule has 1 atom stereocenters. The molecule has 7 rings (SSSR count). The summed E-state index contributed by atoms with van der Waals surface area (Å²) >= 11 is 0. The van der Waals surface area contributed by atoms with Crippen LogP contribution >= 0.6 is 0 Å². The van der Waals surface area contributed by atoms with Crippen LogP contribution in [-0.2, 0) is 16.0 Å². The summed E-state index contributed by atoms with van der Waals surface area (Å²) < 4.78 is 0. The van der Waals surface area contributed by atoms with Crippen LogP contribution < -0.4 is 20.4 Å². The second-order valence-electron chi connectivity index (χ2n) is 12.1. The van der Waals surface area contributed by atoms with Crippen LogP contribution in [0.2, 0.25) is 0 Å². The standard InChI is InChI=1S/C28H35N7O2/c1-18(2)33-14-27(15-33)16-34(17-27)21-9-7-20(8-10-21)30-26-29-13-19-11-28(12-23(36)31-25(28)37)35(24(19)32-26)22-5-3-4-6-22/h7-10,13,18,22H,3-6,11-12,14-17H2,1-2H3,(H,29,30,32)(H,31,36,37). The van der Waals surface area contributed by atoms with Crippen molar-refractivity contribution >= 4 is 35.0 Å². The number of hydrogen-bond acceptors (Lipinski definition) is 8. The summed E-state index contributed by atoms with van der Waals surface area (Å²) in [5, 5.41) is 5.91. The number of anilines is 4. The Morgan fingerprint density at radius 2 is 1.76 bits per heavy atom. The summed E-state index contributed by atoms with van der Waals surface area (Å²) in [5.74, 6) is 0.920. The van der Waals surface area contributed by atoms with Gasteiger partial charge < -0.3 is 15.1 Å². The Kier molecular flexibility index (Phi) is 5.06. The minimum atomic E-state index is -0.857. The highest BCUT2D eigenvalue weighted by Gasteiger charge is 2.58. The number of fused-ring (bicyclic) bond motifs is 1. The van der Waals surface area contributed by atoms with Gasteiger partial charge in [0, 0.05) is 73.2 Å². The van der Waals surface area contributed by atoms with Crippen molar-refractivity contribution in [2.75, 3.05) is 41.3 Å². The molecular weight excluding hydrogens is 466 g/mol. The molecule has 1 aliphatic carbocycles. The lowest BCUT2D eigenvalue weighted by Gasteiger charge is -2.62. The van der Waals surface area contributed by atoms with Crippen molar-refractivity contribution in [1.29, 1.82) is 0 Å². The molecule has 2 N–H and O–H groups in total. The maximum absolute atomic E-state index is 13.0. The SMILES string of the molecule is CC(C)N1CC2(CN(c3ccc(Nc4ncc5c(n4)N(C4CCCC4)C4(CC(=O)NC4=O)C5)cc3)C2)C1. The molecule has 3 saturated heterocycles. The molecule has 0 bridgehead atoms. The first-order chi connectivity index (χ1) is 17.8. The topological polar surface area (TPSA) is 93.7 Å². The molecule has 194 valence electrons. The van der Waals surface area contributed by atoms with Crippen molar-refractivity contribution in [3.8, 4) is 0 Å². The minimum Gasteiger partial charge on any atom is -0.370 e. The predicted molar refractivity (Wildman–Crippen MR) is 142 cm³/mol. The van der Waals surface area contributed by atoms with Crippen molar-refractivity contribution in [2.24, 2.45) is 5.41 Å². The molecule has 9 nitrogen and oxygen atoms in total. The van der Waals surface area contributed by atoms with Gasteiger partial charge in [-0.2, -0.15) is 4.98 Å². The lowest BCUT2D eigenvalue weighted by atomic mass is 9.72. The number of hydrogen-bond donors (Lipinski definition) is 2.